The second kappa shape index (κ2) is 11.5. The van der Waals surface area contributed by atoms with Crippen molar-refractivity contribution < 1.29 is 23.1 Å². The number of nitrogens with one attached hydrogen (secondary N) is 3. The highest BCUT2D eigenvalue weighted by molar-refractivity contribution is 8.03. The third-order valence-electron chi connectivity index (χ3n) is 5.54. The Labute approximate surface area is 217 Å². The van der Waals surface area contributed by atoms with Gasteiger partial charge in [0.2, 0.25) is 5.91 Å². The predicted octanol–water partition coefficient (Wildman–Crippen LogP) is 5.13. The normalized spacial score (nSPS) is 15.0. The molecule has 188 valence electrons. The zero-order valence-corrected chi connectivity index (χ0v) is 20.8. The number of methoxy groups -OCH3 is 1. The van der Waals surface area contributed by atoms with E-state index in [9.17, 15) is 19.2 Å². The van der Waals surface area contributed by atoms with Gasteiger partial charge in [0.05, 0.1) is 53.0 Å². The molecule has 2 aromatic carbocycles. The maximum atomic E-state index is 14.2. The van der Waals surface area contributed by atoms with E-state index in [1.807, 2.05) is 0 Å². The summed E-state index contributed by atoms with van der Waals surface area (Å²) in [6.45, 7) is 1.68. The molecule has 1 aliphatic rings. The molecule has 1 aromatic heterocycles. The summed E-state index contributed by atoms with van der Waals surface area (Å²) in [6.07, 6.45) is 1.45. The van der Waals surface area contributed by atoms with Crippen LogP contribution in [0, 0.1) is 17.1 Å². The minimum Gasteiger partial charge on any atom is -0.497 e. The van der Waals surface area contributed by atoms with E-state index >= 15 is 0 Å². The molecule has 3 N–H and O–H groups in total. The Balaban J connectivity index is 1.57. The van der Waals surface area contributed by atoms with Crippen molar-refractivity contribution in [2.24, 2.45) is 0 Å². The Morgan fingerprint density at radius 1 is 1.16 bits per heavy atom. The lowest BCUT2D eigenvalue weighted by atomic mass is 9.85. The summed E-state index contributed by atoms with van der Waals surface area (Å²) in [5.74, 6) is -1.32. The number of benzene rings is 2. The molecule has 8 nitrogen and oxygen atoms in total. The lowest BCUT2D eigenvalue weighted by Gasteiger charge is -2.28. The zero-order valence-electron chi connectivity index (χ0n) is 20.0. The van der Waals surface area contributed by atoms with Crippen LogP contribution in [-0.2, 0) is 9.59 Å². The molecule has 37 heavy (non-hydrogen) atoms. The van der Waals surface area contributed by atoms with Gasteiger partial charge in [-0.2, -0.15) is 5.26 Å². The number of hydrogen-bond donors (Lipinski definition) is 3. The molecule has 1 aliphatic heterocycles. The highest BCUT2D eigenvalue weighted by Gasteiger charge is 2.36. The second-order valence-corrected chi connectivity index (χ2v) is 8.96. The Morgan fingerprint density at radius 3 is 2.68 bits per heavy atom. The number of amides is 2. The molecule has 4 rings (SSSR count). The van der Waals surface area contributed by atoms with E-state index in [1.54, 1.807) is 49.4 Å². The number of furan rings is 1. The van der Waals surface area contributed by atoms with Gasteiger partial charge in [-0.25, -0.2) is 4.39 Å². The largest absolute Gasteiger partial charge is 0.497 e. The van der Waals surface area contributed by atoms with Crippen LogP contribution in [0.5, 0.6) is 5.75 Å². The van der Waals surface area contributed by atoms with E-state index in [2.05, 4.69) is 22.0 Å². The number of thioether (sulfide) groups is 1. The van der Waals surface area contributed by atoms with E-state index in [0.717, 1.165) is 11.8 Å². The number of anilines is 2. The Hall–Kier alpha value is -4.49. The van der Waals surface area contributed by atoms with Crippen LogP contribution < -0.4 is 20.7 Å². The lowest BCUT2D eigenvalue weighted by molar-refractivity contribution is -0.114. The second-order valence-electron chi connectivity index (χ2n) is 7.97. The van der Waals surface area contributed by atoms with Gasteiger partial charge in [0.1, 0.15) is 17.3 Å². The van der Waals surface area contributed by atoms with Crippen molar-refractivity contribution >= 4 is 35.0 Å². The van der Waals surface area contributed by atoms with Gasteiger partial charge in [0, 0.05) is 17.5 Å². The van der Waals surface area contributed by atoms with Crippen LogP contribution in [0.1, 0.15) is 18.6 Å². The third-order valence-corrected chi connectivity index (χ3v) is 6.56. The first-order valence-electron chi connectivity index (χ1n) is 11.2. The highest BCUT2D eigenvalue weighted by atomic mass is 32.2. The van der Waals surface area contributed by atoms with Crippen LogP contribution in [0.4, 0.5) is 15.8 Å². The molecule has 0 fully saturated rings. The number of nitriles is 1. The number of para-hydroxylation sites is 1. The molecular formula is C27H23FN4O4S. The van der Waals surface area contributed by atoms with Gasteiger partial charge in [0.25, 0.3) is 5.91 Å². The fourth-order valence-electron chi connectivity index (χ4n) is 3.86. The van der Waals surface area contributed by atoms with E-state index in [4.69, 9.17) is 9.15 Å². The van der Waals surface area contributed by atoms with Crippen LogP contribution in [0.3, 0.4) is 0 Å². The third kappa shape index (κ3) is 5.85. The van der Waals surface area contributed by atoms with Crippen molar-refractivity contribution in [2.45, 2.75) is 12.8 Å². The van der Waals surface area contributed by atoms with E-state index < -0.39 is 17.6 Å². The van der Waals surface area contributed by atoms with Crippen molar-refractivity contribution in [1.29, 1.82) is 5.26 Å². The molecule has 0 saturated carbocycles. The highest BCUT2D eigenvalue weighted by Crippen LogP contribution is 2.41. The Kier molecular flexibility index (Phi) is 7.95. The summed E-state index contributed by atoms with van der Waals surface area (Å²) in [4.78, 5) is 25.9. The van der Waals surface area contributed by atoms with Gasteiger partial charge < -0.3 is 25.1 Å². The Bertz CT molecular complexity index is 1430. The lowest BCUT2D eigenvalue weighted by Crippen LogP contribution is -2.31. The summed E-state index contributed by atoms with van der Waals surface area (Å²) in [7, 11) is 1.54. The summed E-state index contributed by atoms with van der Waals surface area (Å²) in [5.41, 5.74) is 1.46. The Morgan fingerprint density at radius 2 is 1.97 bits per heavy atom. The summed E-state index contributed by atoms with van der Waals surface area (Å²) >= 11 is 1.13. The maximum Gasteiger partial charge on any atom is 0.254 e. The molecule has 3 aromatic rings. The van der Waals surface area contributed by atoms with E-state index in [-0.39, 0.29) is 28.5 Å². The maximum absolute atomic E-state index is 14.2. The van der Waals surface area contributed by atoms with Gasteiger partial charge in [0.15, 0.2) is 0 Å². The van der Waals surface area contributed by atoms with Crippen molar-refractivity contribution in [1.82, 2.24) is 5.32 Å². The topological polar surface area (TPSA) is 116 Å². The fourth-order valence-corrected chi connectivity index (χ4v) is 4.75. The van der Waals surface area contributed by atoms with Crippen molar-refractivity contribution in [3.8, 4) is 11.8 Å². The minimum absolute atomic E-state index is 0.000363. The van der Waals surface area contributed by atoms with E-state index in [0.29, 0.717) is 27.9 Å². The number of dihydropyridines is 1. The van der Waals surface area contributed by atoms with Gasteiger partial charge in [-0.3, -0.25) is 9.59 Å². The van der Waals surface area contributed by atoms with E-state index in [1.165, 1.54) is 31.6 Å². The zero-order chi connectivity index (χ0) is 26.4. The SMILES string of the molecule is COc1cccc(NC(=O)CSC2=C(C#N)C(c3ccco3)C(C(=O)Nc3ccccc3F)=C(C)N2)c1. The summed E-state index contributed by atoms with van der Waals surface area (Å²) < 4.78 is 24.9. The first kappa shape index (κ1) is 25.6. The van der Waals surface area contributed by atoms with Crippen molar-refractivity contribution in [2.75, 3.05) is 23.5 Å². The quantitative estimate of drug-likeness (QED) is 0.378. The number of hydrogen-bond acceptors (Lipinski definition) is 7. The number of carbonyl (C=O) groups excluding carboxylic acids is 2. The smallest absolute Gasteiger partial charge is 0.254 e. The summed E-state index contributed by atoms with van der Waals surface area (Å²) in [6, 6.07) is 18.3. The molecule has 2 heterocycles. The number of allylic oxidation sites excluding steroid dienone is 2. The number of carbonyl (C=O) groups is 2. The fraction of sp³-hybridized carbons (Fsp3) is 0.148. The van der Waals surface area contributed by atoms with Crippen LogP contribution in [0.25, 0.3) is 0 Å². The predicted molar refractivity (Wildman–Crippen MR) is 139 cm³/mol. The first-order valence-corrected chi connectivity index (χ1v) is 12.2. The van der Waals surface area contributed by atoms with Gasteiger partial charge in [-0.05, 0) is 43.3 Å². The van der Waals surface area contributed by atoms with Crippen LogP contribution in [0.2, 0.25) is 0 Å². The van der Waals surface area contributed by atoms with Crippen LogP contribution in [-0.4, -0.2) is 24.7 Å². The monoisotopic (exact) mass is 518 g/mol. The van der Waals surface area contributed by atoms with Crippen molar-refractivity contribution in [3.63, 3.8) is 0 Å². The molecule has 0 bridgehead atoms. The van der Waals surface area contributed by atoms with Crippen LogP contribution >= 0.6 is 11.8 Å². The van der Waals surface area contributed by atoms with Crippen LogP contribution in [0.15, 0.2) is 93.2 Å². The van der Waals surface area contributed by atoms with Gasteiger partial charge in [-0.15, -0.1) is 0 Å². The number of rotatable bonds is 8. The average Bonchev–Trinajstić information content (AvgIpc) is 3.43. The number of nitrogens with zero attached hydrogens (tertiary/aromatic N) is 1. The average molecular weight is 519 g/mol. The molecular weight excluding hydrogens is 495 g/mol. The molecule has 1 unspecified atom stereocenters. The minimum atomic E-state index is -0.850. The molecule has 0 spiro atoms. The van der Waals surface area contributed by atoms with Gasteiger partial charge >= 0.3 is 0 Å². The molecule has 0 saturated heterocycles. The summed E-state index contributed by atoms with van der Waals surface area (Å²) in [5, 5.41) is 19.0. The molecule has 2 amide bonds. The molecule has 0 aliphatic carbocycles. The molecule has 1 atom stereocenters. The van der Waals surface area contributed by atoms with Crippen molar-refractivity contribution in [3.05, 3.63) is 100 Å². The number of ether oxygens (including phenoxy) is 1. The standard InChI is InChI=1S/C27H23FN4O4S/c1-16-24(26(34)32-21-10-4-3-9-20(21)28)25(22-11-6-12-36-22)19(14-29)27(30-16)37-15-23(33)31-17-7-5-8-18(13-17)35-2/h3-13,25,30H,15H2,1-2H3,(H,31,33)(H,32,34). The van der Waals surface area contributed by atoms with Gasteiger partial charge in [-0.1, -0.05) is 30.0 Å². The molecule has 10 heteroatoms. The first-order chi connectivity index (χ1) is 17.9. The number of halogens is 1. The molecule has 0 radical (unpaired) electrons.